The summed E-state index contributed by atoms with van der Waals surface area (Å²) in [5, 5.41) is 2.55. The van der Waals surface area contributed by atoms with Gasteiger partial charge in [0, 0.05) is 26.1 Å². The van der Waals surface area contributed by atoms with Gasteiger partial charge >= 0.3 is 12.4 Å². The Morgan fingerprint density at radius 2 is 1.34 bits per heavy atom. The predicted molar refractivity (Wildman–Crippen MR) is 137 cm³/mol. The first kappa shape index (κ1) is 30.1. The quantitative estimate of drug-likeness (QED) is 0.318. The van der Waals surface area contributed by atoms with Gasteiger partial charge in [0.2, 0.25) is 11.8 Å². The fraction of sp³-hybridized carbons (Fsp3) is 0.333. The molecule has 1 fully saturated rings. The highest BCUT2D eigenvalue weighted by Crippen LogP contribution is 2.38. The number of hydrogen-bond acceptors (Lipinski definition) is 2. The van der Waals surface area contributed by atoms with Crippen molar-refractivity contribution in [3.63, 3.8) is 0 Å². The summed E-state index contributed by atoms with van der Waals surface area (Å²) in [5.74, 6) is -1.06. The second-order valence-electron chi connectivity index (χ2n) is 10.1. The van der Waals surface area contributed by atoms with Gasteiger partial charge in [0.05, 0.1) is 16.5 Å². The molecule has 1 aliphatic heterocycles. The first-order valence-corrected chi connectivity index (χ1v) is 12.9. The van der Waals surface area contributed by atoms with Gasteiger partial charge in [-0.15, -0.1) is 0 Å². The Labute approximate surface area is 232 Å². The number of alkyl halides is 6. The smallest absolute Gasteiger partial charge is 0.351 e. The van der Waals surface area contributed by atoms with Gasteiger partial charge in [-0.3, -0.25) is 9.59 Å². The van der Waals surface area contributed by atoms with E-state index in [1.807, 2.05) is 0 Å². The molecule has 218 valence electrons. The van der Waals surface area contributed by atoms with Crippen LogP contribution in [0.3, 0.4) is 0 Å². The molecular formula is C30H27F7N2O2. The minimum Gasteiger partial charge on any atom is -0.351 e. The van der Waals surface area contributed by atoms with Crippen molar-refractivity contribution in [3.05, 3.63) is 106 Å². The zero-order valence-electron chi connectivity index (χ0n) is 21.8. The average Bonchev–Trinajstić information content (AvgIpc) is 2.95. The Balaban J connectivity index is 1.48. The molecule has 0 atom stereocenters. The molecule has 41 heavy (non-hydrogen) atoms. The average molecular weight is 581 g/mol. The van der Waals surface area contributed by atoms with E-state index in [1.54, 1.807) is 47.4 Å². The van der Waals surface area contributed by atoms with Crippen LogP contribution in [0.4, 0.5) is 30.7 Å². The van der Waals surface area contributed by atoms with Gasteiger partial charge in [-0.2, -0.15) is 26.3 Å². The van der Waals surface area contributed by atoms with Crippen LogP contribution in [-0.4, -0.2) is 29.8 Å². The number of halogens is 7. The molecule has 3 aromatic rings. The fourth-order valence-corrected chi connectivity index (χ4v) is 5.08. The van der Waals surface area contributed by atoms with Crippen molar-refractivity contribution in [2.45, 2.75) is 50.0 Å². The summed E-state index contributed by atoms with van der Waals surface area (Å²) in [6, 6.07) is 15.7. The number of likely N-dealkylation sites (tertiary alicyclic amines) is 1. The Hall–Kier alpha value is -3.89. The fourth-order valence-electron chi connectivity index (χ4n) is 5.08. The first-order valence-electron chi connectivity index (χ1n) is 12.9. The third-order valence-electron chi connectivity index (χ3n) is 7.37. The van der Waals surface area contributed by atoms with E-state index in [0.29, 0.717) is 24.1 Å². The zero-order valence-corrected chi connectivity index (χ0v) is 21.8. The largest absolute Gasteiger partial charge is 0.416 e. The highest BCUT2D eigenvalue weighted by atomic mass is 19.4. The molecule has 1 N–H and O–H groups in total. The Morgan fingerprint density at radius 3 is 1.88 bits per heavy atom. The molecule has 2 amide bonds. The normalized spacial score (nSPS) is 15.4. The van der Waals surface area contributed by atoms with Crippen LogP contribution >= 0.6 is 0 Å². The summed E-state index contributed by atoms with van der Waals surface area (Å²) in [4.78, 5) is 28.1. The van der Waals surface area contributed by atoms with Crippen LogP contribution in [0.2, 0.25) is 0 Å². The van der Waals surface area contributed by atoms with Gasteiger partial charge in [-0.1, -0.05) is 42.5 Å². The van der Waals surface area contributed by atoms with Gasteiger partial charge in [-0.05, 0) is 66.3 Å². The van der Waals surface area contributed by atoms with Crippen LogP contribution in [0, 0.1) is 5.82 Å². The number of nitrogens with zero attached hydrogens (tertiary/aromatic N) is 1. The van der Waals surface area contributed by atoms with Crippen LogP contribution in [0.1, 0.15) is 47.1 Å². The number of hydrogen-bond donors (Lipinski definition) is 1. The lowest BCUT2D eigenvalue weighted by molar-refractivity contribution is -0.143. The molecule has 0 aromatic heterocycles. The second-order valence-corrected chi connectivity index (χ2v) is 10.1. The van der Waals surface area contributed by atoms with E-state index in [-0.39, 0.29) is 55.7 Å². The van der Waals surface area contributed by atoms with Crippen molar-refractivity contribution in [1.29, 1.82) is 0 Å². The number of amides is 2. The summed E-state index contributed by atoms with van der Waals surface area (Å²) in [6.07, 6.45) is -8.98. The summed E-state index contributed by atoms with van der Waals surface area (Å²) in [5.41, 5.74) is -2.95. The molecule has 11 heteroatoms. The van der Waals surface area contributed by atoms with E-state index >= 15 is 0 Å². The molecule has 0 aliphatic carbocycles. The van der Waals surface area contributed by atoms with Gasteiger partial charge in [-0.25, -0.2) is 4.39 Å². The predicted octanol–water partition coefficient (Wildman–Crippen LogP) is 6.67. The van der Waals surface area contributed by atoms with Crippen molar-refractivity contribution in [1.82, 2.24) is 10.2 Å². The van der Waals surface area contributed by atoms with E-state index < -0.39 is 41.3 Å². The molecule has 0 radical (unpaired) electrons. The maximum atomic E-state index is 13.6. The molecular weight excluding hydrogens is 553 g/mol. The third-order valence-corrected chi connectivity index (χ3v) is 7.37. The molecule has 1 saturated heterocycles. The standard InChI is InChI=1S/C30H27F7N2O2/c31-25-9-6-20(7-10-25)8-11-26(40)39-14-12-28(13-15-39,22-4-2-1-3-5-22)27(41)38-19-21-16-23(29(32,33)34)18-24(17-21)30(35,36)37/h1-7,9-10,16-18H,8,11-15,19H2,(H,38,41). The number of benzene rings is 3. The van der Waals surface area contributed by atoms with E-state index in [1.165, 1.54) is 12.1 Å². The number of carbonyl (C=O) groups is 2. The van der Waals surface area contributed by atoms with Gasteiger partial charge in [0.1, 0.15) is 5.82 Å². The molecule has 0 bridgehead atoms. The Morgan fingerprint density at radius 1 is 0.780 bits per heavy atom. The van der Waals surface area contributed by atoms with Crippen molar-refractivity contribution in [3.8, 4) is 0 Å². The van der Waals surface area contributed by atoms with Crippen LogP contribution in [0.5, 0.6) is 0 Å². The molecule has 4 nitrogen and oxygen atoms in total. The Bertz CT molecular complexity index is 1330. The van der Waals surface area contributed by atoms with Crippen LogP contribution in [0.25, 0.3) is 0 Å². The lowest BCUT2D eigenvalue weighted by Crippen LogP contribution is -2.52. The van der Waals surface area contributed by atoms with Crippen LogP contribution < -0.4 is 5.32 Å². The molecule has 0 unspecified atom stereocenters. The summed E-state index contributed by atoms with van der Waals surface area (Å²) < 4.78 is 92.8. The summed E-state index contributed by atoms with van der Waals surface area (Å²) in [7, 11) is 0. The van der Waals surface area contributed by atoms with Crippen molar-refractivity contribution >= 4 is 11.8 Å². The topological polar surface area (TPSA) is 49.4 Å². The van der Waals surface area contributed by atoms with Gasteiger partial charge < -0.3 is 10.2 Å². The molecule has 0 saturated carbocycles. The number of piperidine rings is 1. The number of rotatable bonds is 7. The molecule has 3 aromatic carbocycles. The minimum absolute atomic E-state index is 0.0413. The van der Waals surface area contributed by atoms with E-state index in [4.69, 9.17) is 0 Å². The second kappa shape index (κ2) is 11.9. The van der Waals surface area contributed by atoms with Gasteiger partial charge in [0.15, 0.2) is 0 Å². The molecule has 4 rings (SSSR count). The van der Waals surface area contributed by atoms with E-state index in [0.717, 1.165) is 5.56 Å². The van der Waals surface area contributed by atoms with E-state index in [9.17, 15) is 40.3 Å². The lowest BCUT2D eigenvalue weighted by Gasteiger charge is -2.41. The van der Waals surface area contributed by atoms with Crippen LogP contribution in [-0.2, 0) is 40.3 Å². The maximum absolute atomic E-state index is 13.6. The monoisotopic (exact) mass is 580 g/mol. The number of aryl methyl sites for hydroxylation is 1. The van der Waals surface area contributed by atoms with Crippen molar-refractivity contribution < 1.29 is 40.3 Å². The SMILES string of the molecule is O=C(CCc1ccc(F)cc1)N1CCC(C(=O)NCc2cc(C(F)(F)F)cc(C(F)(F)F)c2)(c2ccccc2)CC1. The lowest BCUT2D eigenvalue weighted by atomic mass is 9.72. The first-order chi connectivity index (χ1) is 19.3. The van der Waals surface area contributed by atoms with Crippen molar-refractivity contribution in [2.24, 2.45) is 0 Å². The summed E-state index contributed by atoms with van der Waals surface area (Å²) >= 11 is 0. The zero-order chi connectivity index (χ0) is 29.8. The molecule has 0 spiro atoms. The highest BCUT2D eigenvalue weighted by Gasteiger charge is 2.44. The third kappa shape index (κ3) is 7.25. The molecule has 1 heterocycles. The summed E-state index contributed by atoms with van der Waals surface area (Å²) in [6.45, 7) is -0.0839. The van der Waals surface area contributed by atoms with Crippen molar-refractivity contribution in [2.75, 3.05) is 13.1 Å². The van der Waals surface area contributed by atoms with E-state index in [2.05, 4.69) is 5.32 Å². The van der Waals surface area contributed by atoms with Gasteiger partial charge in [0.25, 0.3) is 0 Å². The number of nitrogens with one attached hydrogen (secondary N) is 1. The highest BCUT2D eigenvalue weighted by molar-refractivity contribution is 5.89. The molecule has 1 aliphatic rings. The maximum Gasteiger partial charge on any atom is 0.416 e. The number of carbonyl (C=O) groups excluding carboxylic acids is 2. The minimum atomic E-state index is -5.00. The Kier molecular flexibility index (Phi) is 8.74. The van der Waals surface area contributed by atoms with Crippen LogP contribution in [0.15, 0.2) is 72.8 Å².